The first-order chi connectivity index (χ1) is 13.6. The van der Waals surface area contributed by atoms with Crippen LogP contribution in [0.3, 0.4) is 0 Å². The molecule has 0 radical (unpaired) electrons. The lowest BCUT2D eigenvalue weighted by molar-refractivity contribution is -0.121. The van der Waals surface area contributed by atoms with Crippen LogP contribution in [0.4, 0.5) is 5.69 Å². The maximum atomic E-state index is 13.1. The number of H-pyrrole nitrogens is 1. The average Bonchev–Trinajstić information content (AvgIpc) is 3.33. The quantitative estimate of drug-likeness (QED) is 0.712. The summed E-state index contributed by atoms with van der Waals surface area (Å²) in [5.74, 6) is 1.44. The molecule has 7 heteroatoms. The van der Waals surface area contributed by atoms with Crippen LogP contribution in [-0.2, 0) is 11.3 Å². The number of nitrogens with zero attached hydrogens (tertiary/aromatic N) is 3. The molecule has 2 aromatic carbocycles. The molecule has 1 saturated heterocycles. The maximum Gasteiger partial charge on any atom is 0.244 e. The highest BCUT2D eigenvalue weighted by Crippen LogP contribution is 2.32. The van der Waals surface area contributed by atoms with Crippen LogP contribution in [0.1, 0.15) is 12.0 Å². The van der Waals surface area contributed by atoms with E-state index in [0.29, 0.717) is 24.6 Å². The number of nitrogens with one attached hydrogen (secondary N) is 1. The van der Waals surface area contributed by atoms with Gasteiger partial charge in [-0.25, -0.2) is 0 Å². The lowest BCUT2D eigenvalue weighted by atomic mass is 10.1. The highest BCUT2D eigenvalue weighted by molar-refractivity contribution is 5.99. The van der Waals surface area contributed by atoms with Crippen molar-refractivity contribution in [3.63, 3.8) is 0 Å². The molecule has 28 heavy (non-hydrogen) atoms. The number of hydrogen-bond acceptors (Lipinski definition) is 5. The summed E-state index contributed by atoms with van der Waals surface area (Å²) in [7, 11) is 5.21. The number of anilines is 1. The van der Waals surface area contributed by atoms with Crippen LogP contribution in [0.15, 0.2) is 42.6 Å². The predicted molar refractivity (Wildman–Crippen MR) is 108 cm³/mol. The van der Waals surface area contributed by atoms with Gasteiger partial charge in [-0.2, -0.15) is 5.10 Å². The lowest BCUT2D eigenvalue weighted by Crippen LogP contribution is -2.39. The van der Waals surface area contributed by atoms with E-state index in [-0.39, 0.29) is 11.9 Å². The molecule has 4 rings (SSSR count). The van der Waals surface area contributed by atoms with Gasteiger partial charge in [-0.1, -0.05) is 12.1 Å². The molecular formula is C21H24N4O3. The molecule has 146 valence electrons. The van der Waals surface area contributed by atoms with Gasteiger partial charge in [-0.05, 0) is 25.1 Å². The molecule has 0 aliphatic carbocycles. The van der Waals surface area contributed by atoms with Crippen molar-refractivity contribution in [3.8, 4) is 11.5 Å². The highest BCUT2D eigenvalue weighted by Gasteiger charge is 2.35. The normalized spacial score (nSPS) is 16.9. The summed E-state index contributed by atoms with van der Waals surface area (Å²) in [4.78, 5) is 17.0. The minimum atomic E-state index is -0.158. The van der Waals surface area contributed by atoms with Crippen LogP contribution >= 0.6 is 0 Å². The third kappa shape index (κ3) is 3.41. The van der Waals surface area contributed by atoms with E-state index in [9.17, 15) is 4.79 Å². The minimum Gasteiger partial charge on any atom is -0.497 e. The van der Waals surface area contributed by atoms with Gasteiger partial charge in [0.2, 0.25) is 5.91 Å². The molecule has 1 N–H and O–H groups in total. The fourth-order valence-electron chi connectivity index (χ4n) is 3.76. The van der Waals surface area contributed by atoms with E-state index < -0.39 is 0 Å². The van der Waals surface area contributed by atoms with E-state index in [1.165, 1.54) is 0 Å². The van der Waals surface area contributed by atoms with Crippen LogP contribution in [0.25, 0.3) is 10.9 Å². The summed E-state index contributed by atoms with van der Waals surface area (Å²) < 4.78 is 10.7. The van der Waals surface area contributed by atoms with Crippen LogP contribution < -0.4 is 14.4 Å². The number of ether oxygens (including phenoxy) is 2. The SMILES string of the molecule is COc1cc(OC)cc(N2CCC(N(C)Cc3ccc4cn[nH]c4c3)C2=O)c1. The van der Waals surface area contributed by atoms with E-state index in [1.54, 1.807) is 20.3 Å². The molecule has 0 saturated carbocycles. The Kier molecular flexibility index (Phi) is 4.92. The van der Waals surface area contributed by atoms with E-state index in [2.05, 4.69) is 27.2 Å². The number of aromatic nitrogens is 2. The number of aromatic amines is 1. The van der Waals surface area contributed by atoms with Crippen LogP contribution in [0.2, 0.25) is 0 Å². The molecule has 3 aromatic rings. The minimum absolute atomic E-state index is 0.0976. The predicted octanol–water partition coefficient (Wildman–Crippen LogP) is 2.82. The Bertz CT molecular complexity index is 978. The van der Waals surface area contributed by atoms with Crippen LogP contribution in [-0.4, -0.2) is 54.9 Å². The molecule has 2 heterocycles. The molecule has 1 fully saturated rings. The van der Waals surface area contributed by atoms with Gasteiger partial charge < -0.3 is 14.4 Å². The summed E-state index contributed by atoms with van der Waals surface area (Å²) in [6, 6.07) is 11.6. The molecule has 0 bridgehead atoms. The van der Waals surface area contributed by atoms with Gasteiger partial charge in [0, 0.05) is 36.7 Å². The standard InChI is InChI=1S/C21H24N4O3/c1-24(13-14-4-5-15-12-22-23-19(15)8-14)20-6-7-25(21(20)26)16-9-17(27-2)11-18(10-16)28-3/h4-5,8-12,20H,6-7,13H2,1-3H3,(H,22,23). The van der Waals surface area contributed by atoms with Crippen molar-refractivity contribution in [2.24, 2.45) is 0 Å². The first-order valence-corrected chi connectivity index (χ1v) is 9.25. The van der Waals surface area contributed by atoms with Crippen LogP contribution in [0, 0.1) is 0 Å². The van der Waals surface area contributed by atoms with E-state index in [0.717, 1.165) is 28.6 Å². The van der Waals surface area contributed by atoms with Gasteiger partial charge in [0.15, 0.2) is 0 Å². The van der Waals surface area contributed by atoms with Crippen molar-refractivity contribution in [1.82, 2.24) is 15.1 Å². The van der Waals surface area contributed by atoms with Gasteiger partial charge in [0.05, 0.1) is 37.7 Å². The number of hydrogen-bond donors (Lipinski definition) is 1. The summed E-state index contributed by atoms with van der Waals surface area (Å²) in [5, 5.41) is 8.14. The number of likely N-dealkylation sites (N-methyl/N-ethyl adjacent to an activating group) is 1. The van der Waals surface area contributed by atoms with Crippen molar-refractivity contribution in [3.05, 3.63) is 48.2 Å². The second-order valence-electron chi connectivity index (χ2n) is 7.07. The average molecular weight is 380 g/mol. The second kappa shape index (κ2) is 7.52. The monoisotopic (exact) mass is 380 g/mol. The van der Waals surface area contributed by atoms with Crippen molar-refractivity contribution in [2.45, 2.75) is 19.0 Å². The zero-order valence-electron chi connectivity index (χ0n) is 16.3. The molecule has 1 amide bonds. The zero-order chi connectivity index (χ0) is 19.7. The summed E-state index contributed by atoms with van der Waals surface area (Å²) >= 11 is 0. The molecule has 1 unspecified atom stereocenters. The fraction of sp³-hybridized carbons (Fsp3) is 0.333. The Morgan fingerprint density at radius 3 is 2.64 bits per heavy atom. The van der Waals surface area contributed by atoms with Crippen molar-refractivity contribution in [2.75, 3.05) is 32.7 Å². The zero-order valence-corrected chi connectivity index (χ0v) is 16.3. The fourth-order valence-corrected chi connectivity index (χ4v) is 3.76. The Morgan fingerprint density at radius 2 is 1.93 bits per heavy atom. The van der Waals surface area contributed by atoms with Gasteiger partial charge in [0.1, 0.15) is 11.5 Å². The Morgan fingerprint density at radius 1 is 1.18 bits per heavy atom. The summed E-state index contributed by atoms with van der Waals surface area (Å²) in [6.45, 7) is 1.37. The molecule has 1 aliphatic rings. The Hall–Kier alpha value is -3.06. The first kappa shape index (κ1) is 18.3. The van der Waals surface area contributed by atoms with Crippen molar-refractivity contribution in [1.29, 1.82) is 0 Å². The third-order valence-corrected chi connectivity index (χ3v) is 5.30. The number of benzene rings is 2. The summed E-state index contributed by atoms with van der Waals surface area (Å²) in [5.41, 5.74) is 2.96. The second-order valence-corrected chi connectivity index (χ2v) is 7.07. The van der Waals surface area contributed by atoms with Gasteiger partial charge >= 0.3 is 0 Å². The third-order valence-electron chi connectivity index (χ3n) is 5.30. The summed E-state index contributed by atoms with van der Waals surface area (Å²) in [6.07, 6.45) is 2.59. The number of carbonyl (C=O) groups is 1. The number of amides is 1. The molecule has 1 atom stereocenters. The van der Waals surface area contributed by atoms with Crippen LogP contribution in [0.5, 0.6) is 11.5 Å². The van der Waals surface area contributed by atoms with E-state index >= 15 is 0 Å². The maximum absolute atomic E-state index is 13.1. The Labute approximate surface area is 163 Å². The van der Waals surface area contributed by atoms with Crippen molar-refractivity contribution < 1.29 is 14.3 Å². The van der Waals surface area contributed by atoms with Gasteiger partial charge in [-0.3, -0.25) is 14.8 Å². The number of methoxy groups -OCH3 is 2. The van der Waals surface area contributed by atoms with E-state index in [4.69, 9.17) is 9.47 Å². The molecule has 1 aromatic heterocycles. The molecule has 7 nitrogen and oxygen atoms in total. The molecular weight excluding hydrogens is 356 g/mol. The lowest BCUT2D eigenvalue weighted by Gasteiger charge is -2.24. The molecule has 1 aliphatic heterocycles. The number of rotatable bonds is 6. The molecule has 0 spiro atoms. The smallest absolute Gasteiger partial charge is 0.244 e. The van der Waals surface area contributed by atoms with Crippen molar-refractivity contribution >= 4 is 22.5 Å². The van der Waals surface area contributed by atoms with Gasteiger partial charge in [0.25, 0.3) is 0 Å². The number of carbonyl (C=O) groups excluding carboxylic acids is 1. The first-order valence-electron chi connectivity index (χ1n) is 9.25. The Balaban J connectivity index is 1.50. The highest BCUT2D eigenvalue weighted by atomic mass is 16.5. The number of fused-ring (bicyclic) bond motifs is 1. The van der Waals surface area contributed by atoms with E-state index in [1.807, 2.05) is 36.3 Å². The van der Waals surface area contributed by atoms with Gasteiger partial charge in [-0.15, -0.1) is 0 Å². The largest absolute Gasteiger partial charge is 0.497 e. The topological polar surface area (TPSA) is 70.7 Å².